The number of para-hydroxylation sites is 2. The summed E-state index contributed by atoms with van der Waals surface area (Å²) in [5, 5.41) is 12.8. The smallest absolute Gasteiger partial charge is 0.303 e. The van der Waals surface area contributed by atoms with Crippen LogP contribution in [0.5, 0.6) is 5.75 Å². The van der Waals surface area contributed by atoms with Gasteiger partial charge in [-0.05, 0) is 73.6 Å². The maximum atomic E-state index is 12.7. The summed E-state index contributed by atoms with van der Waals surface area (Å²) in [5.74, 6) is 0.209. The quantitative estimate of drug-likeness (QED) is 0.259. The number of nitrogens with zero attached hydrogens (tertiary/aromatic N) is 1. The van der Waals surface area contributed by atoms with E-state index >= 15 is 0 Å². The number of aromatic nitrogens is 1. The minimum Gasteiger partial charge on any atom is -0.491 e. The molecular weight excluding hydrogens is 440 g/mol. The fraction of sp³-hybridized carbons (Fsp3) is 0.379. The average molecular weight is 475 g/mol. The molecule has 184 valence electrons. The summed E-state index contributed by atoms with van der Waals surface area (Å²) in [4.78, 5) is 23.4. The van der Waals surface area contributed by atoms with Crippen LogP contribution in [-0.4, -0.2) is 28.2 Å². The van der Waals surface area contributed by atoms with Gasteiger partial charge in [0.1, 0.15) is 5.75 Å². The van der Waals surface area contributed by atoms with Gasteiger partial charge in [0.25, 0.3) is 0 Å². The average Bonchev–Trinajstić information content (AvgIpc) is 3.25. The third kappa shape index (κ3) is 6.75. The predicted molar refractivity (Wildman–Crippen MR) is 140 cm³/mol. The molecule has 35 heavy (non-hydrogen) atoms. The molecule has 0 saturated heterocycles. The van der Waals surface area contributed by atoms with E-state index in [2.05, 4.69) is 40.3 Å². The van der Waals surface area contributed by atoms with E-state index in [-0.39, 0.29) is 18.9 Å². The molecule has 1 saturated carbocycles. The van der Waals surface area contributed by atoms with Crippen LogP contribution in [0.1, 0.15) is 57.4 Å². The summed E-state index contributed by atoms with van der Waals surface area (Å²) < 4.78 is 8.05. The van der Waals surface area contributed by atoms with Crippen LogP contribution in [0.25, 0.3) is 16.5 Å². The number of fused-ring (bicyclic) bond motifs is 1. The number of carbonyl (C=O) groups excluding carboxylic acids is 1. The van der Waals surface area contributed by atoms with E-state index in [4.69, 9.17) is 9.84 Å². The first-order valence-electron chi connectivity index (χ1n) is 12.5. The van der Waals surface area contributed by atoms with Crippen molar-refractivity contribution in [1.82, 2.24) is 4.57 Å². The Hall–Kier alpha value is -3.54. The molecule has 2 aromatic carbocycles. The minimum atomic E-state index is -0.852. The molecule has 1 fully saturated rings. The third-order valence-electron chi connectivity index (χ3n) is 6.69. The molecule has 0 atom stereocenters. The number of hydrogen-bond donors (Lipinski definition) is 2. The maximum Gasteiger partial charge on any atom is 0.303 e. The number of carbonyl (C=O) groups is 2. The van der Waals surface area contributed by atoms with Crippen LogP contribution in [0.2, 0.25) is 0 Å². The van der Waals surface area contributed by atoms with Crippen LogP contribution in [-0.2, 0) is 16.1 Å². The van der Waals surface area contributed by atoms with Crippen LogP contribution < -0.4 is 10.1 Å². The first-order chi connectivity index (χ1) is 17.0. The van der Waals surface area contributed by atoms with Crippen LogP contribution >= 0.6 is 0 Å². The molecule has 0 radical (unpaired) electrons. The van der Waals surface area contributed by atoms with Gasteiger partial charge in [-0.2, -0.15) is 0 Å². The van der Waals surface area contributed by atoms with Crippen molar-refractivity contribution in [2.24, 2.45) is 5.92 Å². The molecule has 1 amide bonds. The molecule has 6 heteroatoms. The highest BCUT2D eigenvalue weighted by Gasteiger charge is 2.15. The molecule has 0 unspecified atom stereocenters. The SMILES string of the molecule is C/C(=C\C(=O)Nc1ccccc1OCCCC(=O)O)c1ccc2c(ccn2CC2CCCCC2)c1. The van der Waals surface area contributed by atoms with Crippen molar-refractivity contribution in [2.45, 2.75) is 58.4 Å². The molecule has 1 aromatic heterocycles. The first kappa shape index (κ1) is 24.6. The van der Waals surface area contributed by atoms with Crippen molar-refractivity contribution < 1.29 is 19.4 Å². The second-order valence-electron chi connectivity index (χ2n) is 9.40. The summed E-state index contributed by atoms with van der Waals surface area (Å²) in [6.45, 7) is 3.29. The van der Waals surface area contributed by atoms with Gasteiger partial charge < -0.3 is 19.7 Å². The van der Waals surface area contributed by atoms with Crippen molar-refractivity contribution in [2.75, 3.05) is 11.9 Å². The number of anilines is 1. The number of benzene rings is 2. The summed E-state index contributed by atoms with van der Waals surface area (Å²) in [7, 11) is 0. The van der Waals surface area contributed by atoms with E-state index in [1.54, 1.807) is 18.2 Å². The van der Waals surface area contributed by atoms with Crippen LogP contribution in [0.4, 0.5) is 5.69 Å². The molecular formula is C29H34N2O4. The predicted octanol–water partition coefficient (Wildman–Crippen LogP) is 6.51. The summed E-state index contributed by atoms with van der Waals surface area (Å²) in [5.41, 5.74) is 3.70. The Morgan fingerprint density at radius 2 is 1.91 bits per heavy atom. The van der Waals surface area contributed by atoms with E-state index in [1.165, 1.54) is 43.0 Å². The van der Waals surface area contributed by atoms with Crippen molar-refractivity contribution in [3.8, 4) is 5.75 Å². The summed E-state index contributed by atoms with van der Waals surface area (Å²) in [6, 6.07) is 15.7. The topological polar surface area (TPSA) is 80.6 Å². The molecule has 4 rings (SSSR count). The number of nitrogens with one attached hydrogen (secondary N) is 1. The standard InChI is InChI=1S/C29H34N2O4/c1-21(18-28(32)30-25-10-5-6-11-27(25)35-17-7-12-29(33)34)23-13-14-26-24(19-23)15-16-31(26)20-22-8-3-2-4-9-22/h5-6,10-11,13-16,18-19,22H,2-4,7-9,12,17,20H2,1H3,(H,30,32)(H,33,34)/b21-18+. The van der Waals surface area contributed by atoms with Crippen molar-refractivity contribution >= 4 is 34.0 Å². The van der Waals surface area contributed by atoms with Gasteiger partial charge in [-0.3, -0.25) is 9.59 Å². The number of carboxylic acid groups (broad SMARTS) is 1. The molecule has 1 aliphatic rings. The van der Waals surface area contributed by atoms with E-state index in [0.29, 0.717) is 17.9 Å². The number of ether oxygens (including phenoxy) is 1. The molecule has 2 N–H and O–H groups in total. The molecule has 0 spiro atoms. The van der Waals surface area contributed by atoms with Gasteiger partial charge in [-0.1, -0.05) is 37.5 Å². The third-order valence-corrected chi connectivity index (χ3v) is 6.69. The molecule has 0 aliphatic heterocycles. The highest BCUT2D eigenvalue weighted by Crippen LogP contribution is 2.28. The van der Waals surface area contributed by atoms with Gasteiger partial charge >= 0.3 is 5.97 Å². The number of aliphatic carboxylic acids is 1. The number of carboxylic acids is 1. The first-order valence-corrected chi connectivity index (χ1v) is 12.5. The van der Waals surface area contributed by atoms with Crippen LogP contribution in [0.15, 0.2) is 60.8 Å². The fourth-order valence-electron chi connectivity index (χ4n) is 4.80. The van der Waals surface area contributed by atoms with Gasteiger partial charge in [-0.25, -0.2) is 0 Å². The Balaban J connectivity index is 1.40. The highest BCUT2D eigenvalue weighted by atomic mass is 16.5. The molecule has 1 aliphatic carbocycles. The zero-order valence-electron chi connectivity index (χ0n) is 20.3. The zero-order chi connectivity index (χ0) is 24.6. The van der Waals surface area contributed by atoms with Crippen molar-refractivity contribution in [1.29, 1.82) is 0 Å². The van der Waals surface area contributed by atoms with Crippen molar-refractivity contribution in [3.63, 3.8) is 0 Å². The minimum absolute atomic E-state index is 0.0464. The summed E-state index contributed by atoms with van der Waals surface area (Å²) >= 11 is 0. The summed E-state index contributed by atoms with van der Waals surface area (Å²) in [6.07, 6.45) is 11.0. The Bertz CT molecular complexity index is 1200. The lowest BCUT2D eigenvalue weighted by molar-refractivity contribution is -0.137. The molecule has 3 aromatic rings. The van der Waals surface area contributed by atoms with Crippen molar-refractivity contribution in [3.05, 3.63) is 66.4 Å². The second-order valence-corrected chi connectivity index (χ2v) is 9.40. The number of amides is 1. The monoisotopic (exact) mass is 474 g/mol. The Kier molecular flexibility index (Phi) is 8.24. The number of allylic oxidation sites excluding steroid dienone is 1. The van der Waals surface area contributed by atoms with Gasteiger partial charge in [0.15, 0.2) is 0 Å². The highest BCUT2D eigenvalue weighted by molar-refractivity contribution is 6.04. The lowest BCUT2D eigenvalue weighted by Crippen LogP contribution is -2.13. The van der Waals surface area contributed by atoms with E-state index < -0.39 is 5.97 Å². The van der Waals surface area contributed by atoms with Crippen LogP contribution in [0.3, 0.4) is 0 Å². The van der Waals surface area contributed by atoms with Gasteiger partial charge in [0.2, 0.25) is 5.91 Å². The normalized spacial score (nSPS) is 14.7. The second kappa shape index (κ2) is 11.7. The maximum absolute atomic E-state index is 12.7. The molecule has 6 nitrogen and oxygen atoms in total. The van der Waals surface area contributed by atoms with E-state index in [0.717, 1.165) is 23.6 Å². The van der Waals surface area contributed by atoms with Gasteiger partial charge in [-0.15, -0.1) is 0 Å². The van der Waals surface area contributed by atoms with Gasteiger partial charge in [0, 0.05) is 36.1 Å². The fourth-order valence-corrected chi connectivity index (χ4v) is 4.80. The lowest BCUT2D eigenvalue weighted by atomic mass is 9.89. The Morgan fingerprint density at radius 1 is 1.11 bits per heavy atom. The lowest BCUT2D eigenvalue weighted by Gasteiger charge is -2.22. The zero-order valence-corrected chi connectivity index (χ0v) is 20.3. The molecule has 1 heterocycles. The van der Waals surface area contributed by atoms with E-state index in [9.17, 15) is 9.59 Å². The Morgan fingerprint density at radius 3 is 2.71 bits per heavy atom. The Labute approximate surface area is 206 Å². The largest absolute Gasteiger partial charge is 0.491 e. The van der Waals surface area contributed by atoms with Crippen LogP contribution in [0, 0.1) is 5.92 Å². The van der Waals surface area contributed by atoms with E-state index in [1.807, 2.05) is 19.1 Å². The molecule has 0 bridgehead atoms. The number of rotatable bonds is 10. The number of hydrogen-bond acceptors (Lipinski definition) is 3. The van der Waals surface area contributed by atoms with Gasteiger partial charge in [0.05, 0.1) is 12.3 Å².